The van der Waals surface area contributed by atoms with Gasteiger partial charge in [0, 0.05) is 19.3 Å². The summed E-state index contributed by atoms with van der Waals surface area (Å²) < 4.78 is 2.40. The highest BCUT2D eigenvalue weighted by molar-refractivity contribution is 8.27. The zero-order valence-electron chi connectivity index (χ0n) is 5.80. The van der Waals surface area contributed by atoms with E-state index in [9.17, 15) is 0 Å². The number of hydrogen-bond acceptors (Lipinski definition) is 1. The van der Waals surface area contributed by atoms with Crippen molar-refractivity contribution in [3.63, 3.8) is 0 Å². The molecule has 0 bridgehead atoms. The van der Waals surface area contributed by atoms with Crippen molar-refractivity contribution in [1.29, 1.82) is 0 Å². The van der Waals surface area contributed by atoms with Gasteiger partial charge in [-0.1, -0.05) is 16.1 Å². The maximum absolute atomic E-state index is 5.15. The van der Waals surface area contributed by atoms with Crippen molar-refractivity contribution in [3.05, 3.63) is 0 Å². The van der Waals surface area contributed by atoms with Crippen molar-refractivity contribution in [2.45, 2.75) is 19.3 Å². The minimum absolute atomic E-state index is 0.115. The Balaban J connectivity index is 2.31. The normalized spacial score (nSPS) is 25.9. The molecule has 0 spiro atoms. The Morgan fingerprint density at radius 1 is 1.22 bits per heavy atom. The van der Waals surface area contributed by atoms with Gasteiger partial charge in [0.05, 0.1) is 0 Å². The summed E-state index contributed by atoms with van der Waals surface area (Å²) in [6, 6.07) is 0. The molecule has 0 amide bonds. The standard InChI is InChI=1S/C6H13NS2/c1-9(8)7-5-3-2-4-6-7/h2-6H2,1H3. The number of nitrogens with zero attached hydrogens (tertiary/aromatic N) is 1. The van der Waals surface area contributed by atoms with Crippen molar-refractivity contribution in [2.75, 3.05) is 19.3 Å². The average molecular weight is 163 g/mol. The Kier molecular flexibility index (Phi) is 3.09. The van der Waals surface area contributed by atoms with Crippen LogP contribution in [0, 0.1) is 0 Å². The molecule has 1 aliphatic heterocycles. The maximum Gasteiger partial charge on any atom is 0.00917 e. The molecule has 1 atom stereocenters. The third-order valence-corrected chi connectivity index (χ3v) is 3.40. The molecule has 0 N–H and O–H groups in total. The summed E-state index contributed by atoms with van der Waals surface area (Å²) in [6.45, 7) is 2.48. The molecule has 54 valence electrons. The second kappa shape index (κ2) is 3.64. The van der Waals surface area contributed by atoms with Crippen LogP contribution in [0.4, 0.5) is 0 Å². The summed E-state index contributed by atoms with van der Waals surface area (Å²) >= 11 is 5.15. The molecular formula is C6H13NS2. The van der Waals surface area contributed by atoms with E-state index in [1.54, 1.807) is 0 Å². The van der Waals surface area contributed by atoms with Crippen LogP contribution in [-0.2, 0) is 20.8 Å². The molecule has 0 aromatic heterocycles. The van der Waals surface area contributed by atoms with Crippen LogP contribution in [0.3, 0.4) is 0 Å². The predicted octanol–water partition coefficient (Wildman–Crippen LogP) is 1.10. The fourth-order valence-corrected chi connectivity index (χ4v) is 2.34. The van der Waals surface area contributed by atoms with Gasteiger partial charge in [0.2, 0.25) is 0 Å². The molecule has 1 nitrogen and oxygen atoms in total. The summed E-state index contributed by atoms with van der Waals surface area (Å²) in [5.41, 5.74) is 0. The van der Waals surface area contributed by atoms with Gasteiger partial charge >= 0.3 is 0 Å². The van der Waals surface area contributed by atoms with Gasteiger partial charge in [0.1, 0.15) is 0 Å². The molecule has 0 aromatic carbocycles. The van der Waals surface area contributed by atoms with E-state index in [1.165, 1.54) is 32.4 Å². The lowest BCUT2D eigenvalue weighted by Gasteiger charge is -2.25. The minimum Gasteiger partial charge on any atom is -0.248 e. The molecule has 3 heteroatoms. The third-order valence-electron chi connectivity index (χ3n) is 1.68. The average Bonchev–Trinajstić information content (AvgIpc) is 1.90. The molecule has 1 fully saturated rings. The summed E-state index contributed by atoms with van der Waals surface area (Å²) in [5, 5.41) is 0. The highest BCUT2D eigenvalue weighted by atomic mass is 32.8. The summed E-state index contributed by atoms with van der Waals surface area (Å²) in [5.74, 6) is 0. The topological polar surface area (TPSA) is 3.24 Å². The molecule has 1 aliphatic rings. The monoisotopic (exact) mass is 163 g/mol. The fourth-order valence-electron chi connectivity index (χ4n) is 1.12. The summed E-state index contributed by atoms with van der Waals surface area (Å²) in [4.78, 5) is 0. The van der Waals surface area contributed by atoms with Crippen LogP contribution >= 0.6 is 0 Å². The van der Waals surface area contributed by atoms with E-state index in [-0.39, 0.29) is 9.64 Å². The van der Waals surface area contributed by atoms with Crippen LogP contribution in [0.25, 0.3) is 0 Å². The Hall–Kier alpha value is 0.530. The van der Waals surface area contributed by atoms with Crippen LogP contribution in [0.2, 0.25) is 0 Å². The molecule has 9 heavy (non-hydrogen) atoms. The van der Waals surface area contributed by atoms with E-state index in [0.29, 0.717) is 0 Å². The Morgan fingerprint density at radius 3 is 2.11 bits per heavy atom. The Morgan fingerprint density at radius 2 is 1.78 bits per heavy atom. The van der Waals surface area contributed by atoms with Crippen LogP contribution in [0.15, 0.2) is 0 Å². The molecule has 1 unspecified atom stereocenters. The zero-order valence-corrected chi connectivity index (χ0v) is 7.43. The van der Waals surface area contributed by atoms with E-state index in [2.05, 4.69) is 10.6 Å². The maximum atomic E-state index is 5.15. The van der Waals surface area contributed by atoms with Gasteiger partial charge < -0.3 is 0 Å². The first kappa shape index (κ1) is 7.63. The van der Waals surface area contributed by atoms with Gasteiger partial charge in [-0.15, -0.1) is 0 Å². The van der Waals surface area contributed by atoms with E-state index in [0.717, 1.165) is 0 Å². The molecule has 1 heterocycles. The molecular weight excluding hydrogens is 150 g/mol. The molecule has 1 rings (SSSR count). The fraction of sp³-hybridized carbons (Fsp3) is 1.00. The van der Waals surface area contributed by atoms with Crippen LogP contribution < -0.4 is 0 Å². The van der Waals surface area contributed by atoms with Gasteiger partial charge in [-0.2, -0.15) is 0 Å². The molecule has 0 saturated carbocycles. The minimum atomic E-state index is 0.115. The highest BCUT2D eigenvalue weighted by Gasteiger charge is 2.09. The number of rotatable bonds is 1. The lowest BCUT2D eigenvalue weighted by molar-refractivity contribution is 0.379. The second-order valence-electron chi connectivity index (χ2n) is 2.41. The van der Waals surface area contributed by atoms with Gasteiger partial charge in [0.25, 0.3) is 0 Å². The van der Waals surface area contributed by atoms with Gasteiger partial charge in [-0.05, 0) is 24.0 Å². The van der Waals surface area contributed by atoms with E-state index >= 15 is 0 Å². The number of piperidine rings is 1. The summed E-state index contributed by atoms with van der Waals surface area (Å²) in [7, 11) is 0.115. The first-order valence-corrected chi connectivity index (χ1v) is 5.90. The lowest BCUT2D eigenvalue weighted by Crippen LogP contribution is -2.30. The van der Waals surface area contributed by atoms with Crippen molar-refractivity contribution < 1.29 is 0 Å². The quantitative estimate of drug-likeness (QED) is 0.569. The first-order valence-electron chi connectivity index (χ1n) is 3.39. The van der Waals surface area contributed by atoms with E-state index < -0.39 is 0 Å². The van der Waals surface area contributed by atoms with Crippen LogP contribution in [0.1, 0.15) is 19.3 Å². The smallest absolute Gasteiger partial charge is 0.00917 e. The highest BCUT2D eigenvalue weighted by Crippen LogP contribution is 2.09. The second-order valence-corrected chi connectivity index (χ2v) is 5.22. The summed E-state index contributed by atoms with van der Waals surface area (Å²) in [6.07, 6.45) is 6.24. The predicted molar refractivity (Wildman–Crippen MR) is 46.1 cm³/mol. The number of hydrogen-bond donors (Lipinski definition) is 0. The third kappa shape index (κ3) is 2.32. The van der Waals surface area contributed by atoms with Gasteiger partial charge in [-0.3, -0.25) is 0 Å². The molecule has 0 aliphatic carbocycles. The molecule has 1 saturated heterocycles. The zero-order chi connectivity index (χ0) is 6.69. The molecule has 0 radical (unpaired) electrons. The van der Waals surface area contributed by atoms with Crippen LogP contribution in [-0.4, -0.2) is 23.7 Å². The molecule has 0 aromatic rings. The van der Waals surface area contributed by atoms with Crippen molar-refractivity contribution >= 4 is 20.8 Å². The SMILES string of the molecule is CS(=S)N1CCCCC1. The Labute approximate surface area is 64.2 Å². The Bertz CT molecular complexity index is 108. The van der Waals surface area contributed by atoms with Crippen molar-refractivity contribution in [1.82, 2.24) is 4.31 Å². The van der Waals surface area contributed by atoms with Gasteiger partial charge in [0.15, 0.2) is 0 Å². The van der Waals surface area contributed by atoms with E-state index in [1.807, 2.05) is 0 Å². The largest absolute Gasteiger partial charge is 0.248 e. The van der Waals surface area contributed by atoms with Crippen molar-refractivity contribution in [2.24, 2.45) is 0 Å². The first-order chi connectivity index (χ1) is 4.30. The van der Waals surface area contributed by atoms with E-state index in [4.69, 9.17) is 11.2 Å². The van der Waals surface area contributed by atoms with Gasteiger partial charge in [-0.25, -0.2) is 4.31 Å². The van der Waals surface area contributed by atoms with Crippen LogP contribution in [0.5, 0.6) is 0 Å². The van der Waals surface area contributed by atoms with Crippen molar-refractivity contribution in [3.8, 4) is 0 Å². The lowest BCUT2D eigenvalue weighted by atomic mass is 10.2.